The fourth-order valence-electron chi connectivity index (χ4n) is 1.90. The smallest absolute Gasteiger partial charge is 0.248 e. The number of nitriles is 1. The first-order chi connectivity index (χ1) is 10.1. The summed E-state index contributed by atoms with van der Waals surface area (Å²) in [5.41, 5.74) is 4.52. The molecule has 0 spiro atoms. The Morgan fingerprint density at radius 1 is 1.14 bits per heavy atom. The molecule has 0 aliphatic heterocycles. The summed E-state index contributed by atoms with van der Waals surface area (Å²) in [5.74, 6) is -0.173. The number of carbonyl (C=O) groups excluding carboxylic acids is 1. The van der Waals surface area contributed by atoms with Crippen molar-refractivity contribution in [2.24, 2.45) is 0 Å². The van der Waals surface area contributed by atoms with E-state index in [0.717, 1.165) is 22.4 Å². The Labute approximate surface area is 124 Å². The Morgan fingerprint density at radius 3 is 2.52 bits per heavy atom. The molecule has 2 aromatic rings. The van der Waals surface area contributed by atoms with Crippen molar-refractivity contribution in [3.63, 3.8) is 0 Å². The highest BCUT2D eigenvalue weighted by atomic mass is 16.1. The summed E-state index contributed by atoms with van der Waals surface area (Å²) in [6.07, 6.45) is 3.21. The Balaban J connectivity index is 2.05. The number of hydrogen-bond donors (Lipinski definition) is 1. The van der Waals surface area contributed by atoms with Gasteiger partial charge in [0.2, 0.25) is 5.91 Å². The standard InChI is InChI=1S/C18H16N2O/c1-13-4-3-5-17(14(13)2)20-18(21)11-10-15-6-8-16(12-19)9-7-15/h3-11H,1-2H3,(H,20,21)/b11-10+. The molecule has 0 fully saturated rings. The Kier molecular flexibility index (Phi) is 4.53. The van der Waals surface area contributed by atoms with Gasteiger partial charge >= 0.3 is 0 Å². The van der Waals surface area contributed by atoms with E-state index in [-0.39, 0.29) is 5.91 Å². The van der Waals surface area contributed by atoms with E-state index in [1.807, 2.05) is 32.0 Å². The van der Waals surface area contributed by atoms with E-state index < -0.39 is 0 Å². The Morgan fingerprint density at radius 2 is 1.86 bits per heavy atom. The van der Waals surface area contributed by atoms with Crippen LogP contribution in [-0.2, 0) is 4.79 Å². The molecule has 0 bridgehead atoms. The molecule has 0 atom stereocenters. The second-order valence-corrected chi connectivity index (χ2v) is 4.80. The maximum atomic E-state index is 11.9. The van der Waals surface area contributed by atoms with Crippen LogP contribution in [0.5, 0.6) is 0 Å². The van der Waals surface area contributed by atoms with Crippen LogP contribution in [0.4, 0.5) is 5.69 Å². The molecule has 3 nitrogen and oxygen atoms in total. The van der Waals surface area contributed by atoms with Gasteiger partial charge < -0.3 is 5.32 Å². The van der Waals surface area contributed by atoms with Gasteiger partial charge in [-0.15, -0.1) is 0 Å². The van der Waals surface area contributed by atoms with Crippen LogP contribution in [0.3, 0.4) is 0 Å². The highest BCUT2D eigenvalue weighted by Gasteiger charge is 2.03. The highest BCUT2D eigenvalue weighted by Crippen LogP contribution is 2.18. The molecule has 3 heteroatoms. The average molecular weight is 276 g/mol. The van der Waals surface area contributed by atoms with E-state index in [0.29, 0.717) is 5.56 Å². The van der Waals surface area contributed by atoms with E-state index in [1.165, 1.54) is 6.08 Å². The van der Waals surface area contributed by atoms with Gasteiger partial charge in [0.15, 0.2) is 0 Å². The van der Waals surface area contributed by atoms with Gasteiger partial charge in [0, 0.05) is 11.8 Å². The fourth-order valence-corrected chi connectivity index (χ4v) is 1.90. The SMILES string of the molecule is Cc1cccc(NC(=O)/C=C/c2ccc(C#N)cc2)c1C. The van der Waals surface area contributed by atoms with Crippen LogP contribution in [0.2, 0.25) is 0 Å². The van der Waals surface area contributed by atoms with Gasteiger partial charge in [0.05, 0.1) is 11.6 Å². The monoisotopic (exact) mass is 276 g/mol. The summed E-state index contributed by atoms with van der Waals surface area (Å²) < 4.78 is 0. The number of amides is 1. The summed E-state index contributed by atoms with van der Waals surface area (Å²) in [4.78, 5) is 11.9. The van der Waals surface area contributed by atoms with Crippen molar-refractivity contribution in [2.45, 2.75) is 13.8 Å². The van der Waals surface area contributed by atoms with Gasteiger partial charge in [-0.1, -0.05) is 24.3 Å². The van der Waals surface area contributed by atoms with Crippen LogP contribution in [0, 0.1) is 25.2 Å². The fraction of sp³-hybridized carbons (Fsp3) is 0.111. The number of aryl methyl sites for hydroxylation is 1. The lowest BCUT2D eigenvalue weighted by Gasteiger charge is -2.08. The minimum Gasteiger partial charge on any atom is -0.322 e. The van der Waals surface area contributed by atoms with Gasteiger partial charge in [0.25, 0.3) is 0 Å². The Hall–Kier alpha value is -2.86. The number of rotatable bonds is 3. The van der Waals surface area contributed by atoms with Crippen LogP contribution in [-0.4, -0.2) is 5.91 Å². The lowest BCUT2D eigenvalue weighted by atomic mass is 10.1. The molecule has 0 aliphatic carbocycles. The third-order valence-corrected chi connectivity index (χ3v) is 3.33. The zero-order valence-corrected chi connectivity index (χ0v) is 12.1. The molecule has 21 heavy (non-hydrogen) atoms. The highest BCUT2D eigenvalue weighted by molar-refractivity contribution is 6.02. The summed E-state index contributed by atoms with van der Waals surface area (Å²) in [6, 6.07) is 14.9. The van der Waals surface area contributed by atoms with Gasteiger partial charge in [-0.2, -0.15) is 5.26 Å². The van der Waals surface area contributed by atoms with Crippen molar-refractivity contribution < 1.29 is 4.79 Å². The molecule has 0 heterocycles. The van der Waals surface area contributed by atoms with Crippen LogP contribution < -0.4 is 5.32 Å². The van der Waals surface area contributed by atoms with E-state index in [4.69, 9.17) is 5.26 Å². The van der Waals surface area contributed by atoms with E-state index in [9.17, 15) is 4.79 Å². The lowest BCUT2D eigenvalue weighted by Crippen LogP contribution is -2.09. The number of nitrogens with one attached hydrogen (secondary N) is 1. The zero-order chi connectivity index (χ0) is 15.2. The number of carbonyl (C=O) groups is 1. The number of hydrogen-bond acceptors (Lipinski definition) is 2. The minimum absolute atomic E-state index is 0.173. The molecular formula is C18H16N2O. The van der Waals surface area contributed by atoms with Crippen molar-refractivity contribution in [1.29, 1.82) is 5.26 Å². The van der Waals surface area contributed by atoms with E-state index in [2.05, 4.69) is 11.4 Å². The normalized spacial score (nSPS) is 10.3. The largest absolute Gasteiger partial charge is 0.322 e. The predicted molar refractivity (Wildman–Crippen MR) is 84.7 cm³/mol. The molecule has 104 valence electrons. The maximum absolute atomic E-state index is 11.9. The zero-order valence-electron chi connectivity index (χ0n) is 12.1. The number of anilines is 1. The van der Waals surface area contributed by atoms with E-state index >= 15 is 0 Å². The van der Waals surface area contributed by atoms with Gasteiger partial charge in [-0.05, 0) is 54.8 Å². The molecular weight excluding hydrogens is 260 g/mol. The third-order valence-electron chi connectivity index (χ3n) is 3.33. The van der Waals surface area contributed by atoms with Crippen molar-refractivity contribution in [2.75, 3.05) is 5.32 Å². The van der Waals surface area contributed by atoms with Gasteiger partial charge in [-0.25, -0.2) is 0 Å². The quantitative estimate of drug-likeness (QED) is 0.866. The maximum Gasteiger partial charge on any atom is 0.248 e. The average Bonchev–Trinajstić information content (AvgIpc) is 2.50. The van der Waals surface area contributed by atoms with Crippen LogP contribution in [0.1, 0.15) is 22.3 Å². The first-order valence-electron chi connectivity index (χ1n) is 6.65. The molecule has 0 unspecified atom stereocenters. The van der Waals surface area contributed by atoms with Crippen LogP contribution >= 0.6 is 0 Å². The molecule has 0 aliphatic rings. The number of benzene rings is 2. The Bertz CT molecular complexity index is 722. The van der Waals surface area contributed by atoms with Crippen LogP contribution in [0.15, 0.2) is 48.5 Å². The van der Waals surface area contributed by atoms with Gasteiger partial charge in [0.1, 0.15) is 0 Å². The molecule has 2 rings (SSSR count). The van der Waals surface area contributed by atoms with Crippen molar-refractivity contribution in [1.82, 2.24) is 0 Å². The predicted octanol–water partition coefficient (Wildman–Crippen LogP) is 3.83. The lowest BCUT2D eigenvalue weighted by molar-refractivity contribution is -0.111. The van der Waals surface area contributed by atoms with Crippen LogP contribution in [0.25, 0.3) is 6.08 Å². The third kappa shape index (κ3) is 3.80. The molecule has 0 radical (unpaired) electrons. The molecule has 0 aromatic heterocycles. The summed E-state index contributed by atoms with van der Waals surface area (Å²) in [6.45, 7) is 3.99. The first kappa shape index (κ1) is 14.5. The second kappa shape index (κ2) is 6.53. The molecule has 0 saturated heterocycles. The topological polar surface area (TPSA) is 52.9 Å². The molecule has 0 saturated carbocycles. The number of nitrogens with zero attached hydrogens (tertiary/aromatic N) is 1. The molecule has 1 amide bonds. The second-order valence-electron chi connectivity index (χ2n) is 4.80. The van der Waals surface area contributed by atoms with Gasteiger partial charge in [-0.3, -0.25) is 4.79 Å². The minimum atomic E-state index is -0.173. The van der Waals surface area contributed by atoms with Crippen molar-refractivity contribution in [3.05, 3.63) is 70.8 Å². The van der Waals surface area contributed by atoms with E-state index in [1.54, 1.807) is 30.3 Å². The van der Waals surface area contributed by atoms with Crippen molar-refractivity contribution >= 4 is 17.7 Å². The molecule has 2 aromatic carbocycles. The summed E-state index contributed by atoms with van der Waals surface area (Å²) >= 11 is 0. The first-order valence-corrected chi connectivity index (χ1v) is 6.65. The summed E-state index contributed by atoms with van der Waals surface area (Å²) in [5, 5.41) is 11.6. The molecule has 1 N–H and O–H groups in total. The summed E-state index contributed by atoms with van der Waals surface area (Å²) in [7, 11) is 0. The van der Waals surface area contributed by atoms with Crippen molar-refractivity contribution in [3.8, 4) is 6.07 Å².